The second-order valence-electron chi connectivity index (χ2n) is 5.34. The van der Waals surface area contributed by atoms with Crippen molar-refractivity contribution in [2.24, 2.45) is 0 Å². The second kappa shape index (κ2) is 5.84. The van der Waals surface area contributed by atoms with Gasteiger partial charge in [-0.15, -0.1) is 0 Å². The summed E-state index contributed by atoms with van der Waals surface area (Å²) in [5, 5.41) is 20.8. The third kappa shape index (κ3) is 2.72. The molecule has 1 heterocycles. The predicted octanol–water partition coefficient (Wildman–Crippen LogP) is 2.37. The molecular formula is C15H13FN2O5S. The molecule has 2 aromatic rings. The van der Waals surface area contributed by atoms with Crippen LogP contribution in [0.5, 0.6) is 0 Å². The number of rotatable bonds is 3. The zero-order valence-corrected chi connectivity index (χ0v) is 13.1. The van der Waals surface area contributed by atoms with E-state index in [9.17, 15) is 28.0 Å². The Kier molecular flexibility index (Phi) is 3.98. The first-order chi connectivity index (χ1) is 11.3. The van der Waals surface area contributed by atoms with Crippen LogP contribution in [-0.2, 0) is 10.0 Å². The lowest BCUT2D eigenvalue weighted by Crippen LogP contribution is -2.36. The normalized spacial score (nSPS) is 17.4. The molecule has 0 amide bonds. The van der Waals surface area contributed by atoms with E-state index in [2.05, 4.69) is 0 Å². The average Bonchev–Trinajstić information content (AvgIpc) is 2.55. The Morgan fingerprint density at radius 3 is 2.71 bits per heavy atom. The first-order valence-corrected chi connectivity index (χ1v) is 8.49. The maximum absolute atomic E-state index is 13.4. The lowest BCUT2D eigenvalue weighted by Gasteiger charge is -2.32. The van der Waals surface area contributed by atoms with Gasteiger partial charge in [-0.2, -0.15) is 0 Å². The molecule has 0 saturated heterocycles. The van der Waals surface area contributed by atoms with Crippen LogP contribution in [0.4, 0.5) is 15.8 Å². The number of hydrogen-bond donors (Lipinski definition) is 1. The quantitative estimate of drug-likeness (QED) is 0.675. The lowest BCUT2D eigenvalue weighted by molar-refractivity contribution is -0.385. The standard InChI is InChI=1S/C15H13FN2O5S/c16-10-4-5-14-13(8-10)15(19)6-7-17(14)24(22,23)12-3-1-2-11(9-12)18(20)21/h1-5,8-9,15,19H,6-7H2. The molecule has 1 N–H and O–H groups in total. The Labute approximate surface area is 137 Å². The Balaban J connectivity index is 2.10. The van der Waals surface area contributed by atoms with Gasteiger partial charge in [0.2, 0.25) is 0 Å². The Hall–Kier alpha value is -2.52. The van der Waals surface area contributed by atoms with Crippen LogP contribution >= 0.6 is 0 Å². The number of aliphatic hydroxyl groups is 1. The third-order valence-corrected chi connectivity index (χ3v) is 5.65. The maximum Gasteiger partial charge on any atom is 0.270 e. The summed E-state index contributed by atoms with van der Waals surface area (Å²) >= 11 is 0. The number of nitro groups is 1. The van der Waals surface area contributed by atoms with Gasteiger partial charge in [0.05, 0.1) is 21.6 Å². The minimum atomic E-state index is -4.07. The minimum Gasteiger partial charge on any atom is -0.388 e. The van der Waals surface area contributed by atoms with Crippen LogP contribution in [0, 0.1) is 15.9 Å². The fraction of sp³-hybridized carbons (Fsp3) is 0.200. The summed E-state index contributed by atoms with van der Waals surface area (Å²) < 4.78 is 40.1. The molecule has 24 heavy (non-hydrogen) atoms. The Morgan fingerprint density at radius 1 is 1.25 bits per heavy atom. The summed E-state index contributed by atoms with van der Waals surface area (Å²) in [4.78, 5) is 9.95. The Bertz CT molecular complexity index is 916. The summed E-state index contributed by atoms with van der Waals surface area (Å²) in [5.41, 5.74) is 0.00404. The topological polar surface area (TPSA) is 101 Å². The Morgan fingerprint density at radius 2 is 2.00 bits per heavy atom. The molecule has 1 aliphatic rings. The summed E-state index contributed by atoms with van der Waals surface area (Å²) in [5.74, 6) is -0.581. The molecule has 9 heteroatoms. The summed E-state index contributed by atoms with van der Waals surface area (Å²) in [6, 6.07) is 8.20. The molecule has 0 bridgehead atoms. The van der Waals surface area contributed by atoms with Gasteiger partial charge >= 0.3 is 0 Å². The number of benzene rings is 2. The van der Waals surface area contributed by atoms with Crippen LogP contribution in [0.2, 0.25) is 0 Å². The molecule has 1 unspecified atom stereocenters. The summed E-state index contributed by atoms with van der Waals surface area (Å²) in [7, 11) is -4.07. The molecule has 7 nitrogen and oxygen atoms in total. The van der Waals surface area contributed by atoms with Crippen LogP contribution in [0.15, 0.2) is 47.4 Å². The number of nitro benzene ring substituents is 1. The van der Waals surface area contributed by atoms with Gasteiger partial charge in [0.15, 0.2) is 0 Å². The fourth-order valence-electron chi connectivity index (χ4n) is 2.67. The highest BCUT2D eigenvalue weighted by molar-refractivity contribution is 7.92. The largest absolute Gasteiger partial charge is 0.388 e. The molecule has 0 aliphatic carbocycles. The molecule has 2 aromatic carbocycles. The number of halogens is 1. The zero-order chi connectivity index (χ0) is 17.5. The third-order valence-electron chi connectivity index (χ3n) is 3.84. The van der Waals surface area contributed by atoms with Gasteiger partial charge in [0, 0.05) is 24.2 Å². The van der Waals surface area contributed by atoms with Crippen molar-refractivity contribution >= 4 is 21.4 Å². The number of anilines is 1. The summed E-state index contributed by atoms with van der Waals surface area (Å²) in [6.45, 7) is -0.00910. The van der Waals surface area contributed by atoms with E-state index in [4.69, 9.17) is 0 Å². The second-order valence-corrected chi connectivity index (χ2v) is 7.20. The molecular weight excluding hydrogens is 339 g/mol. The zero-order valence-electron chi connectivity index (χ0n) is 12.3. The van der Waals surface area contributed by atoms with E-state index >= 15 is 0 Å². The molecule has 0 spiro atoms. The van der Waals surface area contributed by atoms with Gasteiger partial charge in [-0.05, 0) is 30.7 Å². The smallest absolute Gasteiger partial charge is 0.270 e. The molecule has 0 aromatic heterocycles. The molecule has 1 atom stereocenters. The average molecular weight is 352 g/mol. The predicted molar refractivity (Wildman–Crippen MR) is 83.6 cm³/mol. The highest BCUT2D eigenvalue weighted by atomic mass is 32.2. The van der Waals surface area contributed by atoms with E-state index in [1.807, 2.05) is 0 Å². The molecule has 1 aliphatic heterocycles. The monoisotopic (exact) mass is 352 g/mol. The summed E-state index contributed by atoms with van der Waals surface area (Å²) in [6.07, 6.45) is -0.864. The highest BCUT2D eigenvalue weighted by Gasteiger charge is 2.33. The van der Waals surface area contributed by atoms with Crippen LogP contribution in [0.3, 0.4) is 0 Å². The van der Waals surface area contributed by atoms with Gasteiger partial charge in [0.1, 0.15) is 5.82 Å². The number of non-ortho nitro benzene ring substituents is 1. The SMILES string of the molecule is O=[N+]([O-])c1cccc(S(=O)(=O)N2CCC(O)c3cc(F)ccc32)c1. The van der Waals surface area contributed by atoms with E-state index < -0.39 is 26.9 Å². The van der Waals surface area contributed by atoms with E-state index in [0.717, 1.165) is 22.5 Å². The van der Waals surface area contributed by atoms with Crippen molar-refractivity contribution in [3.8, 4) is 0 Å². The van der Waals surface area contributed by atoms with Gasteiger partial charge in [-0.1, -0.05) is 6.07 Å². The number of aliphatic hydroxyl groups excluding tert-OH is 1. The van der Waals surface area contributed by atoms with Crippen LogP contribution in [-0.4, -0.2) is 25.0 Å². The van der Waals surface area contributed by atoms with Crippen molar-refractivity contribution in [3.05, 3.63) is 64.0 Å². The first-order valence-electron chi connectivity index (χ1n) is 7.05. The first kappa shape index (κ1) is 16.3. The van der Waals surface area contributed by atoms with Gasteiger partial charge in [-0.25, -0.2) is 12.8 Å². The van der Waals surface area contributed by atoms with Crippen LogP contribution < -0.4 is 4.31 Å². The van der Waals surface area contributed by atoms with Crippen molar-refractivity contribution in [1.29, 1.82) is 0 Å². The van der Waals surface area contributed by atoms with Crippen molar-refractivity contribution in [2.45, 2.75) is 17.4 Å². The van der Waals surface area contributed by atoms with E-state index in [1.165, 1.54) is 24.3 Å². The minimum absolute atomic E-state index is 0.00910. The van der Waals surface area contributed by atoms with E-state index in [1.54, 1.807) is 0 Å². The van der Waals surface area contributed by atoms with E-state index in [0.29, 0.717) is 0 Å². The number of hydrogen-bond acceptors (Lipinski definition) is 5. The van der Waals surface area contributed by atoms with Gasteiger partial charge in [-0.3, -0.25) is 14.4 Å². The molecule has 0 radical (unpaired) electrons. The van der Waals surface area contributed by atoms with Gasteiger partial charge in [0.25, 0.3) is 15.7 Å². The maximum atomic E-state index is 13.4. The molecule has 126 valence electrons. The number of fused-ring (bicyclic) bond motifs is 1. The van der Waals surface area contributed by atoms with Crippen molar-refractivity contribution < 1.29 is 22.8 Å². The van der Waals surface area contributed by atoms with Crippen molar-refractivity contribution in [1.82, 2.24) is 0 Å². The lowest BCUT2D eigenvalue weighted by atomic mass is 10.0. The molecule has 0 saturated carbocycles. The highest BCUT2D eigenvalue weighted by Crippen LogP contribution is 2.37. The number of nitrogens with zero attached hydrogens (tertiary/aromatic N) is 2. The van der Waals surface area contributed by atoms with E-state index in [-0.39, 0.29) is 34.8 Å². The molecule has 0 fully saturated rings. The number of sulfonamides is 1. The van der Waals surface area contributed by atoms with Crippen LogP contribution in [0.25, 0.3) is 0 Å². The van der Waals surface area contributed by atoms with Gasteiger partial charge < -0.3 is 5.11 Å². The van der Waals surface area contributed by atoms with Crippen molar-refractivity contribution in [3.63, 3.8) is 0 Å². The van der Waals surface area contributed by atoms with Crippen LogP contribution in [0.1, 0.15) is 18.1 Å². The van der Waals surface area contributed by atoms with Crippen molar-refractivity contribution in [2.75, 3.05) is 10.8 Å². The fourth-order valence-corrected chi connectivity index (χ4v) is 4.21. The molecule has 3 rings (SSSR count).